The molecule has 0 atom stereocenters. The van der Waals surface area contributed by atoms with Crippen molar-refractivity contribution in [2.45, 2.75) is 13.8 Å². The highest BCUT2D eigenvalue weighted by Gasteiger charge is 2.16. The Labute approximate surface area is 123 Å². The van der Waals surface area contributed by atoms with E-state index in [1.165, 1.54) is 0 Å². The van der Waals surface area contributed by atoms with E-state index >= 15 is 0 Å². The van der Waals surface area contributed by atoms with Crippen molar-refractivity contribution in [3.8, 4) is 0 Å². The lowest BCUT2D eigenvalue weighted by molar-refractivity contribution is 0.0942. The molecule has 0 aliphatic carbocycles. The van der Waals surface area contributed by atoms with Crippen LogP contribution in [0.25, 0.3) is 0 Å². The van der Waals surface area contributed by atoms with Crippen molar-refractivity contribution in [2.24, 2.45) is 0 Å². The van der Waals surface area contributed by atoms with E-state index in [0.717, 1.165) is 0 Å². The fraction of sp³-hybridized carbons (Fsp3) is 0.333. The van der Waals surface area contributed by atoms with Crippen molar-refractivity contribution in [3.63, 3.8) is 0 Å². The number of amides is 2. The molecule has 0 bridgehead atoms. The van der Waals surface area contributed by atoms with Crippen molar-refractivity contribution in [2.75, 3.05) is 13.1 Å². The fourth-order valence-electron chi connectivity index (χ4n) is 1.41. The highest BCUT2D eigenvalue weighted by molar-refractivity contribution is 9.11. The van der Waals surface area contributed by atoms with Crippen molar-refractivity contribution >= 4 is 43.7 Å². The zero-order valence-electron chi connectivity index (χ0n) is 10.1. The van der Waals surface area contributed by atoms with Crippen LogP contribution in [0, 0.1) is 0 Å². The number of benzene rings is 1. The van der Waals surface area contributed by atoms with Gasteiger partial charge in [-0.1, -0.05) is 0 Å². The summed E-state index contributed by atoms with van der Waals surface area (Å²) in [5, 5.41) is 5.43. The monoisotopic (exact) mass is 376 g/mol. The molecule has 0 aromatic heterocycles. The molecular formula is C12H14Br2N2O2. The first-order chi connectivity index (χ1) is 8.51. The molecule has 0 radical (unpaired) electrons. The highest BCUT2D eigenvalue weighted by atomic mass is 79.9. The number of rotatable bonds is 4. The lowest BCUT2D eigenvalue weighted by Crippen LogP contribution is -2.25. The van der Waals surface area contributed by atoms with E-state index in [2.05, 4.69) is 42.5 Å². The second-order valence-corrected chi connectivity index (χ2v) is 5.24. The van der Waals surface area contributed by atoms with E-state index in [9.17, 15) is 9.59 Å². The molecule has 1 rings (SSSR count). The lowest BCUT2D eigenvalue weighted by atomic mass is 10.1. The summed E-state index contributed by atoms with van der Waals surface area (Å²) in [7, 11) is 0. The lowest BCUT2D eigenvalue weighted by Gasteiger charge is -2.10. The van der Waals surface area contributed by atoms with Gasteiger partial charge in [-0.2, -0.15) is 0 Å². The predicted molar refractivity (Wildman–Crippen MR) is 77.9 cm³/mol. The summed E-state index contributed by atoms with van der Waals surface area (Å²) < 4.78 is 1.19. The van der Waals surface area contributed by atoms with Crippen LogP contribution < -0.4 is 10.6 Å². The summed E-state index contributed by atoms with van der Waals surface area (Å²) in [5.74, 6) is -0.347. The summed E-state index contributed by atoms with van der Waals surface area (Å²) in [6, 6.07) is 3.28. The van der Waals surface area contributed by atoms with Crippen LogP contribution in [0.5, 0.6) is 0 Å². The van der Waals surface area contributed by atoms with Crippen LogP contribution in [0.2, 0.25) is 0 Å². The van der Waals surface area contributed by atoms with Crippen LogP contribution in [0.4, 0.5) is 0 Å². The average molecular weight is 378 g/mol. The van der Waals surface area contributed by atoms with Crippen molar-refractivity contribution in [1.82, 2.24) is 10.6 Å². The molecule has 0 spiro atoms. The Hall–Kier alpha value is -0.880. The summed E-state index contributed by atoms with van der Waals surface area (Å²) in [6.45, 7) is 4.82. The van der Waals surface area contributed by atoms with Gasteiger partial charge >= 0.3 is 0 Å². The molecule has 98 valence electrons. The normalized spacial score (nSPS) is 10.0. The summed E-state index contributed by atoms with van der Waals surface area (Å²) >= 11 is 6.62. The number of carbonyl (C=O) groups excluding carboxylic acids is 2. The molecule has 2 amide bonds. The van der Waals surface area contributed by atoms with E-state index < -0.39 is 0 Å². The van der Waals surface area contributed by atoms with Crippen LogP contribution in [0.15, 0.2) is 21.1 Å². The van der Waals surface area contributed by atoms with Gasteiger partial charge in [0.1, 0.15) is 0 Å². The molecule has 4 nitrogen and oxygen atoms in total. The van der Waals surface area contributed by atoms with Crippen molar-refractivity contribution < 1.29 is 9.59 Å². The molecule has 6 heteroatoms. The van der Waals surface area contributed by atoms with E-state index in [0.29, 0.717) is 33.2 Å². The molecule has 2 N–H and O–H groups in total. The van der Waals surface area contributed by atoms with E-state index in [1.807, 2.05) is 13.8 Å². The number of hydrogen-bond acceptors (Lipinski definition) is 2. The minimum atomic E-state index is -0.174. The van der Waals surface area contributed by atoms with Gasteiger partial charge in [0, 0.05) is 22.0 Å². The second kappa shape index (κ2) is 6.89. The summed E-state index contributed by atoms with van der Waals surface area (Å²) in [4.78, 5) is 23.5. The Morgan fingerprint density at radius 2 is 1.28 bits per heavy atom. The maximum absolute atomic E-state index is 11.8. The van der Waals surface area contributed by atoms with Crippen LogP contribution >= 0.6 is 31.9 Å². The second-order valence-electron chi connectivity index (χ2n) is 3.53. The maximum Gasteiger partial charge on any atom is 0.252 e. The number of carbonyl (C=O) groups is 2. The summed E-state index contributed by atoms with van der Waals surface area (Å²) in [5.41, 5.74) is 0.994. The highest BCUT2D eigenvalue weighted by Crippen LogP contribution is 2.26. The van der Waals surface area contributed by atoms with Gasteiger partial charge in [0.15, 0.2) is 0 Å². The number of nitrogens with one attached hydrogen (secondary N) is 2. The standard InChI is InChI=1S/C12H14Br2N2O2/c1-3-15-11(17)7-5-10(14)8(6-9(7)13)12(18)16-4-2/h5-6H,3-4H2,1-2H3,(H,15,17)(H,16,18). The first-order valence-electron chi connectivity index (χ1n) is 5.56. The van der Waals surface area contributed by atoms with Gasteiger partial charge in [-0.05, 0) is 57.8 Å². The van der Waals surface area contributed by atoms with Crippen LogP contribution in [0.3, 0.4) is 0 Å². The number of hydrogen-bond donors (Lipinski definition) is 2. The Morgan fingerprint density at radius 1 is 0.944 bits per heavy atom. The van der Waals surface area contributed by atoms with Gasteiger partial charge in [0.2, 0.25) is 0 Å². The third-order valence-corrected chi connectivity index (χ3v) is 3.53. The average Bonchev–Trinajstić information content (AvgIpc) is 2.32. The molecule has 1 aromatic rings. The Kier molecular flexibility index (Phi) is 5.81. The van der Waals surface area contributed by atoms with Gasteiger partial charge in [-0.25, -0.2) is 0 Å². The van der Waals surface area contributed by atoms with E-state index in [-0.39, 0.29) is 11.8 Å². The van der Waals surface area contributed by atoms with Crippen LogP contribution in [-0.4, -0.2) is 24.9 Å². The topological polar surface area (TPSA) is 58.2 Å². The maximum atomic E-state index is 11.8. The quantitative estimate of drug-likeness (QED) is 0.847. The molecule has 1 aromatic carbocycles. The SMILES string of the molecule is CCNC(=O)c1cc(Br)c(C(=O)NCC)cc1Br. The Balaban J connectivity index is 3.11. The fourth-order valence-corrected chi connectivity index (χ4v) is 2.45. The van der Waals surface area contributed by atoms with E-state index in [4.69, 9.17) is 0 Å². The predicted octanol–water partition coefficient (Wildman–Crippen LogP) is 2.71. The Bertz CT molecular complexity index is 432. The molecule has 0 heterocycles. The Morgan fingerprint density at radius 3 is 1.56 bits per heavy atom. The van der Waals surface area contributed by atoms with Crippen LogP contribution in [0.1, 0.15) is 34.6 Å². The van der Waals surface area contributed by atoms with Crippen molar-refractivity contribution in [3.05, 3.63) is 32.2 Å². The first kappa shape index (κ1) is 15.2. The third kappa shape index (κ3) is 3.55. The largest absolute Gasteiger partial charge is 0.352 e. The van der Waals surface area contributed by atoms with E-state index in [1.54, 1.807) is 12.1 Å². The number of halogens is 2. The van der Waals surface area contributed by atoms with Gasteiger partial charge in [-0.15, -0.1) is 0 Å². The molecule has 0 saturated carbocycles. The van der Waals surface area contributed by atoms with Gasteiger partial charge in [-0.3, -0.25) is 9.59 Å². The smallest absolute Gasteiger partial charge is 0.252 e. The molecule has 0 aliphatic heterocycles. The molecule has 0 aliphatic rings. The molecule has 18 heavy (non-hydrogen) atoms. The third-order valence-electron chi connectivity index (χ3n) is 2.22. The van der Waals surface area contributed by atoms with Gasteiger partial charge in [0.25, 0.3) is 11.8 Å². The summed E-state index contributed by atoms with van der Waals surface area (Å²) in [6.07, 6.45) is 0. The molecular weight excluding hydrogens is 364 g/mol. The minimum absolute atomic E-state index is 0.174. The van der Waals surface area contributed by atoms with Gasteiger partial charge in [0.05, 0.1) is 11.1 Å². The zero-order valence-corrected chi connectivity index (χ0v) is 13.3. The minimum Gasteiger partial charge on any atom is -0.352 e. The van der Waals surface area contributed by atoms with Gasteiger partial charge < -0.3 is 10.6 Å². The molecule has 0 unspecified atom stereocenters. The van der Waals surface area contributed by atoms with Crippen LogP contribution in [-0.2, 0) is 0 Å². The molecule has 0 fully saturated rings. The zero-order chi connectivity index (χ0) is 13.7. The van der Waals surface area contributed by atoms with Crippen molar-refractivity contribution in [1.29, 1.82) is 0 Å². The first-order valence-corrected chi connectivity index (χ1v) is 7.15. The molecule has 0 saturated heterocycles.